The monoisotopic (exact) mass is 702 g/mol. The predicted molar refractivity (Wildman–Crippen MR) is 176 cm³/mol. The van der Waals surface area contributed by atoms with Crippen LogP contribution in [0.2, 0.25) is 0 Å². The first-order valence-electron chi connectivity index (χ1n) is 15.3. The molecule has 0 fully saturated rings. The van der Waals surface area contributed by atoms with E-state index in [1.165, 1.54) is 25.1 Å². The molecular weight excluding hydrogens is 685 g/mol. The normalized spacial score (nSPS) is 13.4. The molecule has 0 radical (unpaired) electrons. The van der Waals surface area contributed by atoms with Crippen molar-refractivity contribution in [3.8, 4) is 62.4 Å². The maximum absolute atomic E-state index is 14.7. The molecule has 0 saturated carbocycles. The zero-order valence-electron chi connectivity index (χ0n) is 26.5. The molecule has 0 atom stereocenters. The molecule has 2 aliphatic carbocycles. The van der Waals surface area contributed by atoms with Crippen molar-refractivity contribution in [2.24, 2.45) is 0 Å². The number of fused-ring (bicyclic) bond motifs is 6. The molecule has 0 unspecified atom stereocenters. The number of hydrogen-bond donors (Lipinski definition) is 0. The van der Waals surface area contributed by atoms with Gasteiger partial charge in [0, 0.05) is 10.8 Å². The van der Waals surface area contributed by atoms with Crippen LogP contribution in [0.15, 0.2) is 60.7 Å². The maximum Gasteiger partial charge on any atom is 0.573 e. The second kappa shape index (κ2) is 12.2. The van der Waals surface area contributed by atoms with Crippen LogP contribution in [-0.4, -0.2) is 6.36 Å². The number of rotatable bonds is 3. The average Bonchev–Trinajstić information content (AvgIpc) is 3.67. The number of nitriles is 2. The molecule has 0 saturated heterocycles. The summed E-state index contributed by atoms with van der Waals surface area (Å²) in [7, 11) is 0. The Bertz CT molecular complexity index is 2680. The van der Waals surface area contributed by atoms with Crippen molar-refractivity contribution in [3.05, 3.63) is 145 Å². The minimum absolute atomic E-state index is 0.0648. The number of ether oxygens (including phenoxy) is 1. The highest BCUT2D eigenvalue weighted by molar-refractivity contribution is 5.94. The summed E-state index contributed by atoms with van der Waals surface area (Å²) in [6.45, 7) is 17.1. The molecule has 0 aliphatic heterocycles. The first kappa shape index (κ1) is 33.6. The third-order valence-electron chi connectivity index (χ3n) is 9.26. The lowest BCUT2D eigenvalue weighted by Crippen LogP contribution is -2.25. The lowest BCUT2D eigenvalue weighted by atomic mass is 9.90. The van der Waals surface area contributed by atoms with Gasteiger partial charge in [0.2, 0.25) is 5.75 Å². The number of benzene rings is 5. The van der Waals surface area contributed by atoms with E-state index in [-0.39, 0.29) is 51.7 Å². The molecule has 12 heteroatoms. The Kier molecular flexibility index (Phi) is 7.86. The summed E-state index contributed by atoms with van der Waals surface area (Å²) in [6, 6.07) is 17.4. The van der Waals surface area contributed by atoms with Gasteiger partial charge in [0.25, 0.3) is 11.4 Å². The molecule has 7 rings (SSSR count). The van der Waals surface area contributed by atoms with Crippen molar-refractivity contribution in [1.82, 2.24) is 0 Å². The Hall–Kier alpha value is -6.89. The van der Waals surface area contributed by atoms with Gasteiger partial charge in [0.05, 0.1) is 25.3 Å². The van der Waals surface area contributed by atoms with Crippen LogP contribution in [0.3, 0.4) is 0 Å². The third kappa shape index (κ3) is 5.30. The molecule has 0 N–H and O–H groups in total. The van der Waals surface area contributed by atoms with Crippen molar-refractivity contribution in [3.63, 3.8) is 0 Å². The molecule has 0 aromatic heterocycles. The predicted octanol–water partition coefficient (Wildman–Crippen LogP) is 9.03. The summed E-state index contributed by atoms with van der Waals surface area (Å²) in [4.78, 5) is 7.02. The van der Waals surface area contributed by atoms with E-state index in [2.05, 4.69) is 14.4 Å². The van der Waals surface area contributed by atoms with Crippen LogP contribution >= 0.6 is 0 Å². The van der Waals surface area contributed by atoms with E-state index in [9.17, 15) is 41.3 Å². The maximum atomic E-state index is 14.7. The van der Waals surface area contributed by atoms with Crippen LogP contribution in [0.5, 0.6) is 5.75 Å². The van der Waals surface area contributed by atoms with Crippen LogP contribution in [0, 0.1) is 66.0 Å². The molecule has 0 spiro atoms. The van der Waals surface area contributed by atoms with Crippen LogP contribution in [0.4, 0.5) is 30.7 Å². The van der Waals surface area contributed by atoms with Crippen molar-refractivity contribution < 1.29 is 35.5 Å². The zero-order chi connectivity index (χ0) is 37.2. The Morgan fingerprint density at radius 1 is 0.654 bits per heavy atom. The van der Waals surface area contributed by atoms with E-state index in [4.69, 9.17) is 13.1 Å². The van der Waals surface area contributed by atoms with Gasteiger partial charge in [0.15, 0.2) is 11.6 Å². The van der Waals surface area contributed by atoms with Crippen LogP contribution < -0.4 is 15.2 Å². The topological polar surface area (TPSA) is 65.5 Å². The van der Waals surface area contributed by atoms with E-state index < -0.39 is 35.4 Å². The second-order valence-corrected chi connectivity index (χ2v) is 12.1. The zero-order valence-corrected chi connectivity index (χ0v) is 26.5. The molecule has 52 heavy (non-hydrogen) atoms. The SMILES string of the molecule is [C-]#[N+]/C(C#N)=c1\c2c(/c(=C(/C#N)[N+]#[C-])c3c1Cc1cc(-c4cc(F)c(OC(F)(F)F)c(F)c4)ccc1-3)-c1ccc(-c3cc(F)c(C)c(F)c3)cc1C2. The van der Waals surface area contributed by atoms with Crippen LogP contribution in [0.25, 0.3) is 65.6 Å². The lowest BCUT2D eigenvalue weighted by Gasteiger charge is -2.14. The fourth-order valence-corrected chi connectivity index (χ4v) is 7.06. The first-order chi connectivity index (χ1) is 24.8. The van der Waals surface area contributed by atoms with Crippen LogP contribution in [-0.2, 0) is 12.8 Å². The van der Waals surface area contributed by atoms with E-state index in [1.54, 1.807) is 30.3 Å². The number of hydrogen-bond acceptors (Lipinski definition) is 3. The minimum Gasteiger partial charge on any atom is -0.399 e. The molecule has 5 aromatic carbocycles. The van der Waals surface area contributed by atoms with Crippen molar-refractivity contribution in [2.75, 3.05) is 0 Å². The Morgan fingerprint density at radius 2 is 1.08 bits per heavy atom. The highest BCUT2D eigenvalue weighted by Crippen LogP contribution is 2.43. The van der Waals surface area contributed by atoms with E-state index in [1.807, 2.05) is 12.1 Å². The van der Waals surface area contributed by atoms with Gasteiger partial charge in [-0.3, -0.25) is 0 Å². The molecule has 5 aromatic rings. The molecule has 5 nitrogen and oxygen atoms in total. The standard InChI is InChI=1S/C40H17F7N4O/c1-18-29(41)12-21(13-30(18)42)19-4-6-25-23(8-19)10-27-35(33(16-48)50-2)28-11-24-9-20(22-14-31(43)39(32(44)15-22)52-40(45,46)47)5-7-26(24)37(28)38(36(25)27)34(17-49)51-3/h4-9,12-15H,10-11H2,1H3/b35-33+,38-34+. The van der Waals surface area contributed by atoms with E-state index in [0.29, 0.717) is 67.4 Å². The van der Waals surface area contributed by atoms with Gasteiger partial charge >= 0.3 is 6.36 Å². The number of nitrogens with zero attached hydrogens (tertiary/aromatic N) is 4. The summed E-state index contributed by atoms with van der Waals surface area (Å²) in [5.41, 5.74) is 4.37. The van der Waals surface area contributed by atoms with Gasteiger partial charge in [0.1, 0.15) is 11.6 Å². The molecule has 0 amide bonds. The lowest BCUT2D eigenvalue weighted by molar-refractivity contribution is -0.276. The third-order valence-corrected chi connectivity index (χ3v) is 9.26. The fraction of sp³-hybridized carbons (Fsp3) is 0.100. The summed E-state index contributed by atoms with van der Waals surface area (Å²) in [5, 5.41) is 20.9. The van der Waals surface area contributed by atoms with Gasteiger partial charge in [-0.2, -0.15) is 0 Å². The fourth-order valence-electron chi connectivity index (χ4n) is 7.06. The van der Waals surface area contributed by atoms with Gasteiger partial charge in [-0.05, 0) is 116 Å². The largest absolute Gasteiger partial charge is 0.573 e. The summed E-state index contributed by atoms with van der Waals surface area (Å²) in [5.74, 6) is -6.20. The molecule has 2 aliphatic rings. The van der Waals surface area contributed by atoms with Crippen molar-refractivity contribution in [2.45, 2.75) is 26.1 Å². The summed E-state index contributed by atoms with van der Waals surface area (Å²) in [6.07, 6.45) is -5.11. The second-order valence-electron chi connectivity index (χ2n) is 12.1. The smallest absolute Gasteiger partial charge is 0.399 e. The highest BCUT2D eigenvalue weighted by Gasteiger charge is 2.35. The molecule has 0 bridgehead atoms. The highest BCUT2D eigenvalue weighted by atomic mass is 19.4. The Morgan fingerprint density at radius 3 is 1.48 bits per heavy atom. The quantitative estimate of drug-likeness (QED) is 0.136. The van der Waals surface area contributed by atoms with Gasteiger partial charge in [-0.15, -0.1) is 13.2 Å². The van der Waals surface area contributed by atoms with Crippen molar-refractivity contribution >= 4 is 11.4 Å². The van der Waals surface area contributed by atoms with Crippen LogP contribution in [0.1, 0.15) is 27.8 Å². The van der Waals surface area contributed by atoms with Gasteiger partial charge in [-0.25, -0.2) is 37.8 Å². The Labute approximate surface area is 290 Å². The van der Waals surface area contributed by atoms with Gasteiger partial charge in [-0.1, -0.05) is 36.4 Å². The Balaban J connectivity index is 1.47. The van der Waals surface area contributed by atoms with Gasteiger partial charge < -0.3 is 4.74 Å². The molecule has 0 heterocycles. The average molecular weight is 703 g/mol. The summed E-state index contributed by atoms with van der Waals surface area (Å²) < 4.78 is 100.0. The van der Waals surface area contributed by atoms with Crippen molar-refractivity contribution in [1.29, 1.82) is 10.5 Å². The van der Waals surface area contributed by atoms with E-state index in [0.717, 1.165) is 0 Å². The first-order valence-corrected chi connectivity index (χ1v) is 15.3. The molecule has 252 valence electrons. The molecular formula is C40H17F7N4O. The minimum atomic E-state index is -5.32. The summed E-state index contributed by atoms with van der Waals surface area (Å²) >= 11 is 0. The number of alkyl halides is 3. The number of halogens is 7. The van der Waals surface area contributed by atoms with E-state index >= 15 is 0 Å².